The molecule has 112 valence electrons. The van der Waals surface area contributed by atoms with Gasteiger partial charge in [-0.05, 0) is 37.0 Å². The Labute approximate surface area is 121 Å². The second-order valence-corrected chi connectivity index (χ2v) is 5.19. The first kappa shape index (κ1) is 16.5. The number of carbonyl (C=O) groups is 1. The fourth-order valence-corrected chi connectivity index (χ4v) is 1.76. The fraction of sp³-hybridized carbons (Fsp3) is 0.562. The third-order valence-corrected chi connectivity index (χ3v) is 3.27. The van der Waals surface area contributed by atoms with Crippen LogP contribution in [0.25, 0.3) is 0 Å². The molecule has 0 saturated heterocycles. The molecule has 0 fully saturated rings. The maximum Gasteiger partial charge on any atom is 0.224 e. The van der Waals surface area contributed by atoms with Gasteiger partial charge in [-0.25, -0.2) is 0 Å². The topological polar surface area (TPSA) is 58.6 Å². The van der Waals surface area contributed by atoms with Gasteiger partial charge in [0.25, 0.3) is 0 Å². The van der Waals surface area contributed by atoms with E-state index in [0.717, 1.165) is 17.7 Å². The Hall–Kier alpha value is -1.55. The van der Waals surface area contributed by atoms with E-state index in [1.54, 1.807) is 0 Å². The molecule has 20 heavy (non-hydrogen) atoms. The molecule has 0 radical (unpaired) electrons. The van der Waals surface area contributed by atoms with Crippen LogP contribution in [-0.2, 0) is 11.2 Å². The van der Waals surface area contributed by atoms with Crippen molar-refractivity contribution in [2.24, 2.45) is 5.92 Å². The molecule has 0 aliphatic heterocycles. The Bertz CT molecular complexity index is 420. The normalized spacial score (nSPS) is 13.6. The highest BCUT2D eigenvalue weighted by molar-refractivity contribution is 5.78. The summed E-state index contributed by atoms with van der Waals surface area (Å²) >= 11 is 0. The standard InChI is InChI=1S/C16H25NO3/c1-4-8-20-15-7-5-6-14(9-15)10-16(19)17-13(3)12(2)11-18/h5-7,9,12-13,18H,4,8,10-11H2,1-3H3,(H,17,19). The summed E-state index contributed by atoms with van der Waals surface area (Å²) < 4.78 is 5.55. The number of hydrogen-bond acceptors (Lipinski definition) is 3. The summed E-state index contributed by atoms with van der Waals surface area (Å²) in [5, 5.41) is 12.0. The predicted octanol–water partition coefficient (Wildman–Crippen LogP) is 2.15. The van der Waals surface area contributed by atoms with E-state index in [1.807, 2.05) is 38.1 Å². The molecular weight excluding hydrogens is 254 g/mol. The van der Waals surface area contributed by atoms with Gasteiger partial charge in [0.2, 0.25) is 5.91 Å². The number of nitrogens with one attached hydrogen (secondary N) is 1. The van der Waals surface area contributed by atoms with Crippen molar-refractivity contribution >= 4 is 5.91 Å². The number of aliphatic hydroxyl groups is 1. The van der Waals surface area contributed by atoms with E-state index < -0.39 is 0 Å². The van der Waals surface area contributed by atoms with Gasteiger partial charge in [-0.3, -0.25) is 4.79 Å². The van der Waals surface area contributed by atoms with Crippen LogP contribution >= 0.6 is 0 Å². The van der Waals surface area contributed by atoms with E-state index in [1.165, 1.54) is 0 Å². The lowest BCUT2D eigenvalue weighted by atomic mass is 10.0. The van der Waals surface area contributed by atoms with Crippen LogP contribution in [0.1, 0.15) is 32.8 Å². The largest absolute Gasteiger partial charge is 0.494 e. The Balaban J connectivity index is 2.53. The van der Waals surface area contributed by atoms with Crippen LogP contribution in [0.2, 0.25) is 0 Å². The van der Waals surface area contributed by atoms with Gasteiger partial charge in [0, 0.05) is 12.6 Å². The molecule has 2 unspecified atom stereocenters. The van der Waals surface area contributed by atoms with E-state index >= 15 is 0 Å². The van der Waals surface area contributed by atoms with Crippen molar-refractivity contribution in [3.05, 3.63) is 29.8 Å². The zero-order valence-corrected chi connectivity index (χ0v) is 12.6. The number of carbonyl (C=O) groups excluding carboxylic acids is 1. The van der Waals surface area contributed by atoms with E-state index in [2.05, 4.69) is 12.2 Å². The van der Waals surface area contributed by atoms with Gasteiger partial charge in [0.05, 0.1) is 13.0 Å². The van der Waals surface area contributed by atoms with Gasteiger partial charge < -0.3 is 15.2 Å². The van der Waals surface area contributed by atoms with Gasteiger partial charge >= 0.3 is 0 Å². The highest BCUT2D eigenvalue weighted by atomic mass is 16.5. The summed E-state index contributed by atoms with van der Waals surface area (Å²) in [5.74, 6) is 0.817. The minimum Gasteiger partial charge on any atom is -0.494 e. The second kappa shape index (κ2) is 8.59. The first-order chi connectivity index (χ1) is 9.56. The van der Waals surface area contributed by atoms with Crippen molar-refractivity contribution in [1.82, 2.24) is 5.32 Å². The van der Waals surface area contributed by atoms with Crippen LogP contribution in [0.4, 0.5) is 0 Å². The van der Waals surface area contributed by atoms with Crippen molar-refractivity contribution in [2.45, 2.75) is 39.7 Å². The molecule has 1 amide bonds. The van der Waals surface area contributed by atoms with Gasteiger partial charge in [-0.1, -0.05) is 26.0 Å². The molecule has 0 heterocycles. The Kier molecular flexibility index (Phi) is 7.09. The third kappa shape index (κ3) is 5.61. The maximum atomic E-state index is 11.9. The number of amides is 1. The van der Waals surface area contributed by atoms with Gasteiger partial charge in [-0.2, -0.15) is 0 Å². The van der Waals surface area contributed by atoms with Crippen LogP contribution in [0.5, 0.6) is 5.75 Å². The third-order valence-electron chi connectivity index (χ3n) is 3.27. The SMILES string of the molecule is CCCOc1cccc(CC(=O)NC(C)C(C)CO)c1. The monoisotopic (exact) mass is 279 g/mol. The number of hydrogen-bond donors (Lipinski definition) is 2. The van der Waals surface area contributed by atoms with Crippen molar-refractivity contribution in [3.63, 3.8) is 0 Å². The molecule has 2 N–H and O–H groups in total. The number of ether oxygens (including phenoxy) is 1. The van der Waals surface area contributed by atoms with Crippen molar-refractivity contribution < 1.29 is 14.6 Å². The summed E-state index contributed by atoms with van der Waals surface area (Å²) in [7, 11) is 0. The molecule has 4 heteroatoms. The highest BCUT2D eigenvalue weighted by Gasteiger charge is 2.14. The molecule has 0 aliphatic rings. The molecular formula is C16H25NO3. The van der Waals surface area contributed by atoms with Crippen LogP contribution in [0.15, 0.2) is 24.3 Å². The minimum atomic E-state index is -0.0366. The first-order valence-electron chi connectivity index (χ1n) is 7.18. The predicted molar refractivity (Wildman–Crippen MR) is 79.8 cm³/mol. The summed E-state index contributed by atoms with van der Waals surface area (Å²) in [6.45, 7) is 6.62. The maximum absolute atomic E-state index is 11.9. The molecule has 1 aromatic carbocycles. The summed E-state index contributed by atoms with van der Waals surface area (Å²) in [4.78, 5) is 11.9. The van der Waals surface area contributed by atoms with Crippen LogP contribution in [0, 0.1) is 5.92 Å². The lowest BCUT2D eigenvalue weighted by Gasteiger charge is -2.19. The average molecular weight is 279 g/mol. The quantitative estimate of drug-likeness (QED) is 0.766. The zero-order chi connectivity index (χ0) is 15.0. The van der Waals surface area contributed by atoms with E-state index in [0.29, 0.717) is 13.0 Å². The Morgan fingerprint density at radius 3 is 2.80 bits per heavy atom. The Morgan fingerprint density at radius 2 is 2.15 bits per heavy atom. The van der Waals surface area contributed by atoms with Crippen LogP contribution in [-0.4, -0.2) is 30.3 Å². The van der Waals surface area contributed by atoms with Gasteiger partial charge in [0.15, 0.2) is 0 Å². The molecule has 0 aromatic heterocycles. The van der Waals surface area contributed by atoms with Crippen molar-refractivity contribution in [2.75, 3.05) is 13.2 Å². The highest BCUT2D eigenvalue weighted by Crippen LogP contribution is 2.14. The molecule has 2 atom stereocenters. The molecule has 1 rings (SSSR count). The lowest BCUT2D eigenvalue weighted by Crippen LogP contribution is -2.39. The number of benzene rings is 1. The minimum absolute atomic E-state index is 0.0352. The molecule has 0 saturated carbocycles. The Morgan fingerprint density at radius 1 is 1.40 bits per heavy atom. The van der Waals surface area contributed by atoms with Crippen molar-refractivity contribution in [3.8, 4) is 5.75 Å². The summed E-state index contributed by atoms with van der Waals surface area (Å²) in [5.41, 5.74) is 0.931. The smallest absolute Gasteiger partial charge is 0.224 e. The summed E-state index contributed by atoms with van der Waals surface area (Å²) in [6.07, 6.45) is 1.28. The lowest BCUT2D eigenvalue weighted by molar-refractivity contribution is -0.121. The average Bonchev–Trinajstić information content (AvgIpc) is 2.44. The zero-order valence-electron chi connectivity index (χ0n) is 12.6. The van der Waals surface area contributed by atoms with Gasteiger partial charge in [0.1, 0.15) is 5.75 Å². The molecule has 0 bridgehead atoms. The molecule has 4 nitrogen and oxygen atoms in total. The molecule has 1 aromatic rings. The number of rotatable bonds is 8. The van der Waals surface area contributed by atoms with E-state index in [4.69, 9.17) is 9.84 Å². The fourth-order valence-electron chi connectivity index (χ4n) is 1.76. The summed E-state index contributed by atoms with van der Waals surface area (Å²) in [6, 6.07) is 7.57. The van der Waals surface area contributed by atoms with Crippen LogP contribution in [0.3, 0.4) is 0 Å². The molecule has 0 spiro atoms. The second-order valence-electron chi connectivity index (χ2n) is 5.19. The first-order valence-corrected chi connectivity index (χ1v) is 7.18. The van der Waals surface area contributed by atoms with Gasteiger partial charge in [-0.15, -0.1) is 0 Å². The number of aliphatic hydroxyl groups excluding tert-OH is 1. The van der Waals surface area contributed by atoms with Crippen LogP contribution < -0.4 is 10.1 Å². The molecule has 0 aliphatic carbocycles. The van der Waals surface area contributed by atoms with E-state index in [-0.39, 0.29) is 24.5 Å². The van der Waals surface area contributed by atoms with Crippen molar-refractivity contribution in [1.29, 1.82) is 0 Å². The van der Waals surface area contributed by atoms with E-state index in [9.17, 15) is 4.79 Å².